The Balaban J connectivity index is 1.42. The molecule has 2 aromatic heterocycles. The van der Waals surface area contributed by atoms with Gasteiger partial charge in [0.2, 0.25) is 0 Å². The molecular weight excluding hydrogens is 520 g/mol. The number of likely N-dealkylation sites (N-methyl/N-ethyl adjacent to an activating group) is 1. The lowest BCUT2D eigenvalue weighted by Gasteiger charge is -2.30. The van der Waals surface area contributed by atoms with Gasteiger partial charge in [-0.05, 0) is 69.0 Å². The second kappa shape index (κ2) is 9.79. The topological polar surface area (TPSA) is 92.4 Å². The van der Waals surface area contributed by atoms with Gasteiger partial charge in [-0.15, -0.1) is 0 Å². The number of nitrogens with one attached hydrogen (secondary N) is 1. The molecule has 11 heteroatoms. The maximum Gasteiger partial charge on any atom is 0.319 e. The number of benzene rings is 2. The fourth-order valence-electron chi connectivity index (χ4n) is 5.94. The molecule has 7 rings (SSSR count). The lowest BCUT2D eigenvalue weighted by Crippen LogP contribution is -2.44. The number of likely N-dealkylation sites (tertiary alicyclic amines) is 1. The molecule has 0 bridgehead atoms. The number of thiazole rings is 1. The number of nitrogens with two attached hydrogens (primary N) is 1. The molecule has 0 amide bonds. The van der Waals surface area contributed by atoms with E-state index in [-0.39, 0.29) is 28.6 Å². The molecule has 1 atom stereocenters. The molecule has 4 heterocycles. The van der Waals surface area contributed by atoms with Gasteiger partial charge in [0, 0.05) is 48.7 Å². The van der Waals surface area contributed by atoms with Crippen molar-refractivity contribution < 1.29 is 13.5 Å². The van der Waals surface area contributed by atoms with Crippen molar-refractivity contribution in [2.24, 2.45) is 0 Å². The van der Waals surface area contributed by atoms with Crippen LogP contribution in [0, 0.1) is 11.6 Å². The van der Waals surface area contributed by atoms with Crippen LogP contribution in [0.25, 0.3) is 32.2 Å². The average molecular weight is 552 g/mol. The highest BCUT2D eigenvalue weighted by Gasteiger charge is 2.33. The Labute approximate surface area is 229 Å². The fourth-order valence-corrected chi connectivity index (χ4v) is 6.70. The number of ether oxygens (including phenoxy) is 1. The van der Waals surface area contributed by atoms with Gasteiger partial charge in [-0.2, -0.15) is 9.97 Å². The molecule has 3 aliphatic rings. The van der Waals surface area contributed by atoms with Crippen molar-refractivity contribution in [3.05, 3.63) is 35.4 Å². The highest BCUT2D eigenvalue weighted by molar-refractivity contribution is 7.22. The van der Waals surface area contributed by atoms with Crippen LogP contribution in [0.5, 0.6) is 6.01 Å². The van der Waals surface area contributed by atoms with Crippen LogP contribution in [0.2, 0.25) is 0 Å². The Kier molecular flexibility index (Phi) is 6.24. The van der Waals surface area contributed by atoms with Gasteiger partial charge in [-0.1, -0.05) is 11.3 Å². The summed E-state index contributed by atoms with van der Waals surface area (Å²) in [6.07, 6.45) is 4.13. The Morgan fingerprint density at radius 2 is 1.90 bits per heavy atom. The van der Waals surface area contributed by atoms with Crippen molar-refractivity contribution in [1.82, 2.24) is 25.2 Å². The third-order valence-electron chi connectivity index (χ3n) is 8.21. The third-order valence-corrected chi connectivity index (χ3v) is 9.11. The van der Waals surface area contributed by atoms with Gasteiger partial charge in [0.05, 0.1) is 10.2 Å². The van der Waals surface area contributed by atoms with Crippen LogP contribution in [0.15, 0.2) is 18.2 Å². The predicted molar refractivity (Wildman–Crippen MR) is 151 cm³/mol. The summed E-state index contributed by atoms with van der Waals surface area (Å²) in [5.41, 5.74) is 8.41. The maximum absolute atomic E-state index is 16.8. The Morgan fingerprint density at radius 1 is 1.08 bits per heavy atom. The van der Waals surface area contributed by atoms with E-state index in [2.05, 4.69) is 32.1 Å². The van der Waals surface area contributed by atoms with Crippen LogP contribution in [0.4, 0.5) is 19.7 Å². The minimum absolute atomic E-state index is 0.183. The van der Waals surface area contributed by atoms with Crippen molar-refractivity contribution in [3.63, 3.8) is 0 Å². The number of hydrogen-bond acceptors (Lipinski definition) is 9. The summed E-state index contributed by atoms with van der Waals surface area (Å²) in [5.74, 6) is 0.0639. The highest BCUT2D eigenvalue weighted by atomic mass is 32.1. The molecule has 1 aliphatic carbocycles. The number of halogens is 2. The Hall–Kier alpha value is -3.15. The fraction of sp³-hybridized carbons (Fsp3) is 0.464. The van der Waals surface area contributed by atoms with Gasteiger partial charge in [0.15, 0.2) is 10.9 Å². The minimum Gasteiger partial charge on any atom is -0.462 e. The van der Waals surface area contributed by atoms with E-state index in [1.807, 2.05) is 6.07 Å². The van der Waals surface area contributed by atoms with Crippen molar-refractivity contribution in [1.29, 1.82) is 0 Å². The smallest absolute Gasteiger partial charge is 0.319 e. The van der Waals surface area contributed by atoms with E-state index in [0.717, 1.165) is 75.3 Å². The van der Waals surface area contributed by atoms with Gasteiger partial charge in [-0.3, -0.25) is 0 Å². The van der Waals surface area contributed by atoms with E-state index in [0.29, 0.717) is 39.2 Å². The number of nitrogen functional groups attached to an aromatic ring is 1. The largest absolute Gasteiger partial charge is 0.462 e. The average Bonchev–Trinajstić information content (AvgIpc) is 3.59. The zero-order chi connectivity index (χ0) is 26.7. The number of aromatic nitrogens is 3. The van der Waals surface area contributed by atoms with E-state index >= 15 is 4.39 Å². The van der Waals surface area contributed by atoms with Crippen LogP contribution in [-0.4, -0.2) is 72.3 Å². The van der Waals surface area contributed by atoms with Gasteiger partial charge in [-0.25, -0.2) is 13.8 Å². The summed E-state index contributed by atoms with van der Waals surface area (Å²) in [4.78, 5) is 18.3. The van der Waals surface area contributed by atoms with Crippen LogP contribution < -0.4 is 20.7 Å². The lowest BCUT2D eigenvalue weighted by atomic mass is 9.93. The molecule has 39 heavy (non-hydrogen) atoms. The third kappa shape index (κ3) is 4.46. The molecule has 0 spiro atoms. The summed E-state index contributed by atoms with van der Waals surface area (Å²) in [7, 11) is 2.09. The molecule has 8 nitrogen and oxygen atoms in total. The number of hydrogen-bond donors (Lipinski definition) is 2. The molecule has 2 saturated heterocycles. The first-order valence-electron chi connectivity index (χ1n) is 13.7. The standard InChI is InChI=1S/C28H31F2N7OS/c1-36-10-2-3-16(36)14-38-28-34-23-19(26(35-28)37-11-8-32-9-12-37)13-18(15-4-5-15)21(22(23)30)17-6-7-20(29)25-24(17)33-27(31)39-25/h6-7,13,15-16,32H,2-5,8-12,14H2,1H3,(H2,31,33)/t16-/m0/s1. The van der Waals surface area contributed by atoms with E-state index in [1.54, 1.807) is 6.07 Å². The number of piperazine rings is 1. The zero-order valence-corrected chi connectivity index (χ0v) is 22.7. The molecule has 0 radical (unpaired) electrons. The zero-order valence-electron chi connectivity index (χ0n) is 21.8. The predicted octanol–water partition coefficient (Wildman–Crippen LogP) is 4.53. The monoisotopic (exact) mass is 551 g/mol. The first kappa shape index (κ1) is 24.9. The lowest BCUT2D eigenvalue weighted by molar-refractivity contribution is 0.188. The quantitative estimate of drug-likeness (QED) is 0.361. The second-order valence-corrected chi connectivity index (χ2v) is 11.8. The van der Waals surface area contributed by atoms with Gasteiger partial charge in [0.1, 0.15) is 23.8 Å². The first-order chi connectivity index (χ1) is 19.0. The van der Waals surface area contributed by atoms with E-state index < -0.39 is 11.6 Å². The van der Waals surface area contributed by atoms with E-state index in [9.17, 15) is 4.39 Å². The van der Waals surface area contributed by atoms with Crippen LogP contribution in [0.3, 0.4) is 0 Å². The minimum atomic E-state index is -0.449. The molecule has 4 aromatic rings. The summed E-state index contributed by atoms with van der Waals surface area (Å²) in [5, 5.41) is 4.31. The number of anilines is 2. The molecule has 2 aliphatic heterocycles. The van der Waals surface area contributed by atoms with Crippen molar-refractivity contribution in [2.45, 2.75) is 37.6 Å². The normalized spacial score (nSPS) is 20.4. The Bertz CT molecular complexity index is 1570. The number of nitrogens with zero attached hydrogens (tertiary/aromatic N) is 5. The summed E-state index contributed by atoms with van der Waals surface area (Å²) >= 11 is 1.08. The van der Waals surface area contributed by atoms with Crippen LogP contribution in [0.1, 0.15) is 37.2 Å². The van der Waals surface area contributed by atoms with Crippen LogP contribution >= 0.6 is 11.3 Å². The molecule has 3 fully saturated rings. The van der Waals surface area contributed by atoms with Crippen LogP contribution in [-0.2, 0) is 0 Å². The maximum atomic E-state index is 16.8. The molecule has 3 N–H and O–H groups in total. The van der Waals surface area contributed by atoms with Gasteiger partial charge >= 0.3 is 6.01 Å². The van der Waals surface area contributed by atoms with E-state index in [1.165, 1.54) is 6.07 Å². The molecule has 0 unspecified atom stereocenters. The number of rotatable bonds is 6. The summed E-state index contributed by atoms with van der Waals surface area (Å²) in [6, 6.07) is 5.49. The van der Waals surface area contributed by atoms with Crippen molar-refractivity contribution >= 4 is 43.4 Å². The highest BCUT2D eigenvalue weighted by Crippen LogP contribution is 2.49. The van der Waals surface area contributed by atoms with Gasteiger partial charge < -0.3 is 25.6 Å². The number of fused-ring (bicyclic) bond motifs is 2. The molecule has 204 valence electrons. The summed E-state index contributed by atoms with van der Waals surface area (Å²) in [6.45, 7) is 4.65. The molecular formula is C28H31F2N7OS. The van der Waals surface area contributed by atoms with E-state index in [4.69, 9.17) is 15.5 Å². The second-order valence-electron chi connectivity index (χ2n) is 10.8. The summed E-state index contributed by atoms with van der Waals surface area (Å²) < 4.78 is 37.9. The Morgan fingerprint density at radius 3 is 2.64 bits per heavy atom. The SMILES string of the molecule is CN1CCC[C@H]1COc1nc(N2CCNCC2)c2cc(C3CC3)c(-c3ccc(F)c4sc(N)nc34)c(F)c2n1. The molecule has 1 saturated carbocycles. The van der Waals surface area contributed by atoms with Gasteiger partial charge in [0.25, 0.3) is 0 Å². The van der Waals surface area contributed by atoms with Crippen molar-refractivity contribution in [2.75, 3.05) is 57.0 Å². The van der Waals surface area contributed by atoms with Crippen molar-refractivity contribution in [3.8, 4) is 17.1 Å². The first-order valence-corrected chi connectivity index (χ1v) is 14.5. The molecule has 2 aromatic carbocycles.